The summed E-state index contributed by atoms with van der Waals surface area (Å²) in [5, 5.41) is 3.17. The van der Waals surface area contributed by atoms with E-state index in [1.54, 1.807) is 6.07 Å². The van der Waals surface area contributed by atoms with Crippen molar-refractivity contribution in [1.82, 2.24) is 5.32 Å². The minimum atomic E-state index is -0.806. The van der Waals surface area contributed by atoms with Crippen LogP contribution in [-0.4, -0.2) is 19.8 Å². The van der Waals surface area contributed by atoms with Crippen LogP contribution in [0.5, 0.6) is 0 Å². The summed E-state index contributed by atoms with van der Waals surface area (Å²) in [6, 6.07) is 4.07. The van der Waals surface area contributed by atoms with Gasteiger partial charge in [0, 0.05) is 18.6 Å². The fourth-order valence-corrected chi connectivity index (χ4v) is 2.52. The molecule has 0 aromatic heterocycles. The van der Waals surface area contributed by atoms with Gasteiger partial charge in [-0.2, -0.15) is 0 Å². The van der Waals surface area contributed by atoms with Gasteiger partial charge in [0.2, 0.25) is 0 Å². The molecule has 0 amide bonds. The Morgan fingerprint density at radius 2 is 2.12 bits per heavy atom. The van der Waals surface area contributed by atoms with Gasteiger partial charge >= 0.3 is 0 Å². The second-order valence-electron chi connectivity index (χ2n) is 4.47. The number of hydrogen-bond donors (Lipinski definition) is 1. The van der Waals surface area contributed by atoms with E-state index in [1.807, 2.05) is 14.0 Å². The Bertz CT molecular complexity index is 397. The molecule has 1 aromatic carbocycles. The highest BCUT2D eigenvalue weighted by Gasteiger charge is 2.32. The molecule has 0 radical (unpaired) electrons. The van der Waals surface area contributed by atoms with Crippen LogP contribution in [0.25, 0.3) is 0 Å². The summed E-state index contributed by atoms with van der Waals surface area (Å²) >= 11 is 0. The summed E-state index contributed by atoms with van der Waals surface area (Å²) in [6.07, 6.45) is 1.08. The largest absolute Gasteiger partial charge is 0.378 e. The zero-order valence-electron chi connectivity index (χ0n) is 10.0. The molecular formula is C13H17F2NO. The Morgan fingerprint density at radius 3 is 2.65 bits per heavy atom. The molecule has 4 heteroatoms. The maximum Gasteiger partial charge on any atom is 0.159 e. The van der Waals surface area contributed by atoms with Crippen molar-refractivity contribution in [3.63, 3.8) is 0 Å². The minimum absolute atomic E-state index is 0.00241. The molecule has 3 unspecified atom stereocenters. The molecule has 1 heterocycles. The van der Waals surface area contributed by atoms with Gasteiger partial charge in [-0.05, 0) is 38.1 Å². The van der Waals surface area contributed by atoms with Crippen molar-refractivity contribution in [3.05, 3.63) is 35.4 Å². The average Bonchev–Trinajstić information content (AvgIpc) is 2.71. The van der Waals surface area contributed by atoms with E-state index >= 15 is 0 Å². The van der Waals surface area contributed by atoms with Gasteiger partial charge in [0.15, 0.2) is 11.6 Å². The number of halogens is 2. The normalized spacial score (nSPS) is 26.1. The summed E-state index contributed by atoms with van der Waals surface area (Å²) in [5.74, 6) is -1.31. The lowest BCUT2D eigenvalue weighted by Gasteiger charge is -2.26. The van der Waals surface area contributed by atoms with Crippen LogP contribution in [0.15, 0.2) is 18.2 Å². The third-order valence-corrected chi connectivity index (χ3v) is 3.48. The van der Waals surface area contributed by atoms with Gasteiger partial charge < -0.3 is 10.1 Å². The maximum atomic E-state index is 13.2. The molecule has 2 nitrogen and oxygen atoms in total. The van der Waals surface area contributed by atoms with Crippen LogP contribution in [0.2, 0.25) is 0 Å². The molecule has 1 aliphatic heterocycles. The molecule has 1 fully saturated rings. The van der Waals surface area contributed by atoms with Crippen molar-refractivity contribution in [1.29, 1.82) is 0 Å². The summed E-state index contributed by atoms with van der Waals surface area (Å²) in [5.41, 5.74) is 0.772. The molecule has 0 aliphatic carbocycles. The Kier molecular flexibility index (Phi) is 3.74. The molecule has 1 aromatic rings. The van der Waals surface area contributed by atoms with Crippen LogP contribution >= 0.6 is 0 Å². The number of benzene rings is 1. The Hall–Kier alpha value is -1.00. The van der Waals surface area contributed by atoms with E-state index < -0.39 is 11.6 Å². The fourth-order valence-electron chi connectivity index (χ4n) is 2.52. The average molecular weight is 241 g/mol. The molecule has 94 valence electrons. The Balaban J connectivity index is 2.25. The lowest BCUT2D eigenvalue weighted by molar-refractivity contribution is 0.0962. The van der Waals surface area contributed by atoms with Gasteiger partial charge in [0.25, 0.3) is 0 Å². The van der Waals surface area contributed by atoms with Crippen molar-refractivity contribution in [2.24, 2.45) is 5.92 Å². The van der Waals surface area contributed by atoms with Crippen LogP contribution in [0.3, 0.4) is 0 Å². The number of rotatable bonds is 3. The highest BCUT2D eigenvalue weighted by molar-refractivity contribution is 5.22. The first-order valence-corrected chi connectivity index (χ1v) is 5.87. The fraction of sp³-hybridized carbons (Fsp3) is 0.538. The first kappa shape index (κ1) is 12.5. The molecule has 1 N–H and O–H groups in total. The van der Waals surface area contributed by atoms with Gasteiger partial charge in [-0.15, -0.1) is 0 Å². The Morgan fingerprint density at radius 1 is 1.35 bits per heavy atom. The quantitative estimate of drug-likeness (QED) is 0.878. The summed E-state index contributed by atoms with van der Waals surface area (Å²) < 4.78 is 31.6. The van der Waals surface area contributed by atoms with Crippen LogP contribution in [0, 0.1) is 17.6 Å². The second kappa shape index (κ2) is 5.10. The molecule has 0 spiro atoms. The maximum absolute atomic E-state index is 13.2. The third kappa shape index (κ3) is 2.48. The van der Waals surface area contributed by atoms with Crippen molar-refractivity contribution in [2.75, 3.05) is 13.7 Å². The van der Waals surface area contributed by atoms with Crippen LogP contribution in [0.1, 0.15) is 24.9 Å². The lowest BCUT2D eigenvalue weighted by Crippen LogP contribution is -2.29. The molecule has 17 heavy (non-hydrogen) atoms. The van der Waals surface area contributed by atoms with E-state index in [-0.39, 0.29) is 12.1 Å². The smallest absolute Gasteiger partial charge is 0.159 e. The lowest BCUT2D eigenvalue weighted by atomic mass is 9.88. The summed E-state index contributed by atoms with van der Waals surface area (Å²) in [6.45, 7) is 2.75. The first-order chi connectivity index (χ1) is 8.13. The molecule has 0 saturated carbocycles. The minimum Gasteiger partial charge on any atom is -0.378 e. The SMILES string of the molecule is CNC(c1ccc(F)c(F)c1)C1CCOC1C. The van der Waals surface area contributed by atoms with Crippen molar-refractivity contribution in [2.45, 2.75) is 25.5 Å². The van der Waals surface area contributed by atoms with E-state index in [1.165, 1.54) is 12.1 Å². The molecule has 3 atom stereocenters. The highest BCUT2D eigenvalue weighted by Crippen LogP contribution is 2.33. The second-order valence-corrected chi connectivity index (χ2v) is 4.47. The van der Waals surface area contributed by atoms with Crippen LogP contribution < -0.4 is 5.32 Å². The summed E-state index contributed by atoms with van der Waals surface area (Å²) in [7, 11) is 1.83. The Labute approximate surface area is 100.0 Å². The van der Waals surface area contributed by atoms with Crippen LogP contribution in [-0.2, 0) is 4.74 Å². The zero-order valence-corrected chi connectivity index (χ0v) is 10.0. The number of hydrogen-bond acceptors (Lipinski definition) is 2. The molecule has 1 aliphatic rings. The molecule has 1 saturated heterocycles. The predicted octanol–water partition coefficient (Wildman–Crippen LogP) is 2.65. The zero-order chi connectivity index (χ0) is 12.4. The highest BCUT2D eigenvalue weighted by atomic mass is 19.2. The molecule has 0 bridgehead atoms. The van der Waals surface area contributed by atoms with Gasteiger partial charge in [-0.3, -0.25) is 0 Å². The van der Waals surface area contributed by atoms with Crippen molar-refractivity contribution < 1.29 is 13.5 Å². The monoisotopic (exact) mass is 241 g/mol. The van der Waals surface area contributed by atoms with Gasteiger partial charge in [-0.25, -0.2) is 8.78 Å². The summed E-state index contributed by atoms with van der Waals surface area (Å²) in [4.78, 5) is 0. The topological polar surface area (TPSA) is 21.3 Å². The standard InChI is InChI=1S/C13H17F2NO/c1-8-10(5-6-17-8)13(16-2)9-3-4-11(14)12(15)7-9/h3-4,7-8,10,13,16H,5-6H2,1-2H3. The number of ether oxygens (including phenoxy) is 1. The van der Waals surface area contributed by atoms with Gasteiger partial charge in [-0.1, -0.05) is 6.07 Å². The predicted molar refractivity (Wildman–Crippen MR) is 61.7 cm³/mol. The molecule has 2 rings (SSSR count). The third-order valence-electron chi connectivity index (χ3n) is 3.48. The molecular weight excluding hydrogens is 224 g/mol. The van der Waals surface area contributed by atoms with E-state index in [2.05, 4.69) is 5.32 Å². The van der Waals surface area contributed by atoms with Crippen molar-refractivity contribution in [3.8, 4) is 0 Å². The van der Waals surface area contributed by atoms with E-state index in [4.69, 9.17) is 4.74 Å². The van der Waals surface area contributed by atoms with E-state index in [0.29, 0.717) is 5.92 Å². The van der Waals surface area contributed by atoms with Crippen molar-refractivity contribution >= 4 is 0 Å². The van der Waals surface area contributed by atoms with Gasteiger partial charge in [0.05, 0.1) is 6.10 Å². The first-order valence-electron chi connectivity index (χ1n) is 5.87. The van der Waals surface area contributed by atoms with E-state index in [0.717, 1.165) is 18.6 Å². The van der Waals surface area contributed by atoms with E-state index in [9.17, 15) is 8.78 Å². The van der Waals surface area contributed by atoms with Crippen LogP contribution in [0.4, 0.5) is 8.78 Å². The van der Waals surface area contributed by atoms with Gasteiger partial charge in [0.1, 0.15) is 0 Å². The number of nitrogens with one attached hydrogen (secondary N) is 1.